The topological polar surface area (TPSA) is 75.4 Å². The van der Waals surface area contributed by atoms with Crippen LogP contribution in [0, 0.1) is 5.92 Å². The Bertz CT molecular complexity index is 427. The Morgan fingerprint density at radius 1 is 1.17 bits per heavy atom. The van der Waals surface area contributed by atoms with Crippen LogP contribution >= 0.6 is 0 Å². The van der Waals surface area contributed by atoms with E-state index in [2.05, 4.69) is 5.32 Å². The number of carbonyl (C=O) groups is 2. The standard InChI is InChI=1S/C13H17N3O2/c14-16(12(17)10-4-2-1-3-5-10)13(18)11-6-8-15-9-7-11/h1-5,11,15H,6-9,14H2. The average Bonchev–Trinajstić information content (AvgIpc) is 2.47. The fourth-order valence-corrected chi connectivity index (χ4v) is 2.09. The number of rotatable bonds is 2. The van der Waals surface area contributed by atoms with Gasteiger partial charge in [-0.1, -0.05) is 18.2 Å². The molecule has 5 heteroatoms. The molecule has 2 rings (SSSR count). The minimum Gasteiger partial charge on any atom is -0.317 e. The Morgan fingerprint density at radius 3 is 2.39 bits per heavy atom. The van der Waals surface area contributed by atoms with Crippen molar-refractivity contribution in [3.8, 4) is 0 Å². The molecular formula is C13H17N3O2. The molecule has 0 radical (unpaired) electrons. The molecule has 0 saturated carbocycles. The first-order chi connectivity index (χ1) is 8.70. The molecule has 0 unspecified atom stereocenters. The van der Waals surface area contributed by atoms with Crippen LogP contribution in [0.5, 0.6) is 0 Å². The molecule has 0 atom stereocenters. The monoisotopic (exact) mass is 247 g/mol. The zero-order chi connectivity index (χ0) is 13.0. The van der Waals surface area contributed by atoms with Gasteiger partial charge < -0.3 is 5.32 Å². The van der Waals surface area contributed by atoms with Gasteiger partial charge in [0.15, 0.2) is 0 Å². The molecule has 1 aliphatic heterocycles. The van der Waals surface area contributed by atoms with Gasteiger partial charge in [-0.15, -0.1) is 0 Å². The van der Waals surface area contributed by atoms with Gasteiger partial charge in [0.25, 0.3) is 5.91 Å². The first-order valence-electron chi connectivity index (χ1n) is 6.09. The Kier molecular flexibility index (Phi) is 4.07. The zero-order valence-electron chi connectivity index (χ0n) is 10.1. The van der Waals surface area contributed by atoms with Gasteiger partial charge in [0, 0.05) is 11.5 Å². The summed E-state index contributed by atoms with van der Waals surface area (Å²) in [6, 6.07) is 8.61. The van der Waals surface area contributed by atoms with Crippen LogP contribution in [-0.2, 0) is 4.79 Å². The van der Waals surface area contributed by atoms with E-state index in [1.54, 1.807) is 24.3 Å². The van der Waals surface area contributed by atoms with E-state index in [1.807, 2.05) is 6.07 Å². The van der Waals surface area contributed by atoms with Crippen molar-refractivity contribution in [3.63, 3.8) is 0 Å². The van der Waals surface area contributed by atoms with Crippen LogP contribution in [0.2, 0.25) is 0 Å². The van der Waals surface area contributed by atoms with E-state index in [1.165, 1.54) is 0 Å². The smallest absolute Gasteiger partial charge is 0.274 e. The zero-order valence-corrected chi connectivity index (χ0v) is 10.1. The summed E-state index contributed by atoms with van der Waals surface area (Å²) in [7, 11) is 0. The number of nitrogens with zero attached hydrogens (tertiary/aromatic N) is 1. The molecule has 1 saturated heterocycles. The van der Waals surface area contributed by atoms with E-state index in [-0.39, 0.29) is 11.8 Å². The van der Waals surface area contributed by atoms with Gasteiger partial charge in [0.05, 0.1) is 0 Å². The Hall–Kier alpha value is -1.72. The molecule has 0 bridgehead atoms. The molecule has 1 heterocycles. The number of imide groups is 1. The molecular weight excluding hydrogens is 230 g/mol. The van der Waals surface area contributed by atoms with E-state index in [4.69, 9.17) is 5.84 Å². The lowest BCUT2D eigenvalue weighted by molar-refractivity contribution is -0.133. The number of amides is 2. The average molecular weight is 247 g/mol. The molecule has 0 spiro atoms. The normalized spacial score (nSPS) is 16.3. The molecule has 5 nitrogen and oxygen atoms in total. The first kappa shape index (κ1) is 12.7. The predicted molar refractivity (Wildman–Crippen MR) is 67.4 cm³/mol. The van der Waals surface area contributed by atoms with Gasteiger partial charge in [-0.3, -0.25) is 9.59 Å². The summed E-state index contributed by atoms with van der Waals surface area (Å²) in [5.41, 5.74) is 0.433. The van der Waals surface area contributed by atoms with Crippen molar-refractivity contribution in [2.45, 2.75) is 12.8 Å². The van der Waals surface area contributed by atoms with Crippen molar-refractivity contribution in [2.24, 2.45) is 11.8 Å². The minimum absolute atomic E-state index is 0.149. The van der Waals surface area contributed by atoms with Crippen molar-refractivity contribution in [2.75, 3.05) is 13.1 Å². The highest BCUT2D eigenvalue weighted by Crippen LogP contribution is 2.15. The highest BCUT2D eigenvalue weighted by Gasteiger charge is 2.28. The number of hydrogen-bond acceptors (Lipinski definition) is 4. The fourth-order valence-electron chi connectivity index (χ4n) is 2.09. The van der Waals surface area contributed by atoms with E-state index in [0.29, 0.717) is 5.56 Å². The quantitative estimate of drug-likeness (QED) is 0.346. The molecule has 1 aromatic carbocycles. The third kappa shape index (κ3) is 2.75. The van der Waals surface area contributed by atoms with Crippen LogP contribution in [0.1, 0.15) is 23.2 Å². The lowest BCUT2D eigenvalue weighted by Crippen LogP contribution is -2.48. The van der Waals surface area contributed by atoms with Gasteiger partial charge in [-0.2, -0.15) is 0 Å². The fraction of sp³-hybridized carbons (Fsp3) is 0.385. The van der Waals surface area contributed by atoms with Crippen LogP contribution in [0.25, 0.3) is 0 Å². The second-order valence-corrected chi connectivity index (χ2v) is 4.40. The third-order valence-electron chi connectivity index (χ3n) is 3.17. The Labute approximate surface area is 106 Å². The lowest BCUT2D eigenvalue weighted by Gasteiger charge is -2.25. The van der Waals surface area contributed by atoms with Crippen LogP contribution in [0.3, 0.4) is 0 Å². The number of hydrazine groups is 1. The largest absolute Gasteiger partial charge is 0.317 e. The van der Waals surface area contributed by atoms with Crippen LogP contribution in [-0.4, -0.2) is 29.9 Å². The molecule has 1 aromatic rings. The number of hydrogen-bond donors (Lipinski definition) is 2. The van der Waals surface area contributed by atoms with E-state index >= 15 is 0 Å². The van der Waals surface area contributed by atoms with Crippen LogP contribution in [0.4, 0.5) is 0 Å². The number of carbonyl (C=O) groups excluding carboxylic acids is 2. The molecule has 1 aliphatic rings. The van der Waals surface area contributed by atoms with E-state index in [9.17, 15) is 9.59 Å². The Morgan fingerprint density at radius 2 is 1.78 bits per heavy atom. The first-order valence-corrected chi connectivity index (χ1v) is 6.09. The molecule has 2 amide bonds. The van der Waals surface area contributed by atoms with Crippen molar-refractivity contribution in [1.29, 1.82) is 0 Å². The maximum Gasteiger partial charge on any atom is 0.274 e. The summed E-state index contributed by atoms with van der Waals surface area (Å²) in [6.07, 6.45) is 1.46. The van der Waals surface area contributed by atoms with Crippen LogP contribution < -0.4 is 11.2 Å². The number of nitrogens with one attached hydrogen (secondary N) is 1. The van der Waals surface area contributed by atoms with Gasteiger partial charge in [-0.05, 0) is 38.1 Å². The van der Waals surface area contributed by atoms with Gasteiger partial charge in [0.2, 0.25) is 5.91 Å². The van der Waals surface area contributed by atoms with Crippen LogP contribution in [0.15, 0.2) is 30.3 Å². The molecule has 96 valence electrons. The summed E-state index contributed by atoms with van der Waals surface area (Å²) in [5, 5.41) is 3.93. The van der Waals surface area contributed by atoms with Gasteiger partial charge >= 0.3 is 0 Å². The maximum atomic E-state index is 12.1. The van der Waals surface area contributed by atoms with E-state index in [0.717, 1.165) is 30.9 Å². The van der Waals surface area contributed by atoms with Crippen molar-refractivity contribution >= 4 is 11.8 Å². The van der Waals surface area contributed by atoms with Crippen molar-refractivity contribution in [3.05, 3.63) is 35.9 Å². The molecule has 0 aliphatic carbocycles. The number of piperidine rings is 1. The summed E-state index contributed by atoms with van der Waals surface area (Å²) in [6.45, 7) is 1.59. The predicted octanol–water partition coefficient (Wildman–Crippen LogP) is 0.529. The second kappa shape index (κ2) is 5.75. The molecule has 0 aromatic heterocycles. The maximum absolute atomic E-state index is 12.1. The molecule has 1 fully saturated rings. The Balaban J connectivity index is 2.04. The summed E-state index contributed by atoms with van der Waals surface area (Å²) < 4.78 is 0. The molecule has 3 N–H and O–H groups in total. The van der Waals surface area contributed by atoms with Crippen molar-refractivity contribution in [1.82, 2.24) is 10.3 Å². The second-order valence-electron chi connectivity index (χ2n) is 4.40. The lowest BCUT2D eigenvalue weighted by atomic mass is 9.97. The highest BCUT2D eigenvalue weighted by atomic mass is 16.2. The van der Waals surface area contributed by atoms with Gasteiger partial charge in [0.1, 0.15) is 0 Å². The van der Waals surface area contributed by atoms with Gasteiger partial charge in [-0.25, -0.2) is 10.9 Å². The summed E-state index contributed by atoms with van der Waals surface area (Å²) >= 11 is 0. The SMILES string of the molecule is NN(C(=O)c1ccccc1)C(=O)C1CCNCC1. The number of nitrogens with two attached hydrogens (primary N) is 1. The summed E-state index contributed by atoms with van der Waals surface area (Å²) in [4.78, 5) is 24.1. The van der Waals surface area contributed by atoms with E-state index < -0.39 is 5.91 Å². The minimum atomic E-state index is -0.445. The summed E-state index contributed by atoms with van der Waals surface area (Å²) in [5.74, 6) is 4.76. The van der Waals surface area contributed by atoms with Crippen molar-refractivity contribution < 1.29 is 9.59 Å². The molecule has 18 heavy (non-hydrogen) atoms. The number of benzene rings is 1. The highest BCUT2D eigenvalue weighted by molar-refractivity contribution is 6.04. The third-order valence-corrected chi connectivity index (χ3v) is 3.17.